The van der Waals surface area contributed by atoms with Gasteiger partial charge in [0.15, 0.2) is 5.82 Å². The largest absolute Gasteiger partial charge is 0.308 e. The van der Waals surface area contributed by atoms with Gasteiger partial charge in [0.2, 0.25) is 5.95 Å². The molecule has 4 aliphatic rings. The van der Waals surface area contributed by atoms with Gasteiger partial charge in [-0.05, 0) is 110 Å². The Morgan fingerprint density at radius 3 is 1.79 bits per heavy atom. The Bertz CT molecular complexity index is 3000. The minimum Gasteiger partial charge on any atom is -0.308 e. The average molecular weight is 723 g/mol. The van der Waals surface area contributed by atoms with Crippen molar-refractivity contribution in [3.8, 4) is 40.2 Å². The van der Waals surface area contributed by atoms with Crippen molar-refractivity contribution in [3.63, 3.8) is 0 Å². The highest BCUT2D eigenvalue weighted by Crippen LogP contribution is 2.60. The molecule has 0 aliphatic heterocycles. The van der Waals surface area contributed by atoms with Crippen molar-refractivity contribution in [2.75, 3.05) is 0 Å². The second-order valence-corrected chi connectivity index (χ2v) is 16.6. The molecule has 0 amide bonds. The molecule has 0 unspecified atom stereocenters. The van der Waals surface area contributed by atoms with Crippen LogP contribution in [0.25, 0.3) is 77.8 Å². The predicted octanol–water partition coefficient (Wildman–Crippen LogP) is 11.7. The third-order valence-corrected chi connectivity index (χ3v) is 13.3. The van der Waals surface area contributed by atoms with E-state index in [1.54, 1.807) is 0 Å². The lowest BCUT2D eigenvalue weighted by Gasteiger charge is -2.55. The van der Waals surface area contributed by atoms with Crippen molar-refractivity contribution in [2.24, 2.45) is 17.8 Å². The van der Waals surface area contributed by atoms with E-state index in [9.17, 15) is 5.26 Å². The lowest BCUT2D eigenvalue weighted by Crippen LogP contribution is -2.49. The van der Waals surface area contributed by atoms with Crippen molar-refractivity contribution in [2.45, 2.75) is 43.9 Å². The van der Waals surface area contributed by atoms with Gasteiger partial charge in [-0.15, -0.1) is 0 Å². The number of hydrogen-bond acceptors (Lipinski definition) is 4. The van der Waals surface area contributed by atoms with Gasteiger partial charge in [-0.3, -0.25) is 4.57 Å². The van der Waals surface area contributed by atoms with E-state index >= 15 is 0 Å². The molecular weight excluding hydrogens is 685 g/mol. The number of para-hydroxylation sites is 3. The molecule has 0 radical (unpaired) electrons. The lowest BCUT2D eigenvalue weighted by atomic mass is 9.49. The van der Waals surface area contributed by atoms with Crippen LogP contribution in [0.2, 0.25) is 0 Å². The Balaban J connectivity index is 1.16. The van der Waals surface area contributed by atoms with E-state index in [4.69, 9.17) is 15.0 Å². The quantitative estimate of drug-likeness (QED) is 0.177. The van der Waals surface area contributed by atoms with Gasteiger partial charge in [-0.2, -0.15) is 15.2 Å². The van der Waals surface area contributed by atoms with Crippen LogP contribution in [0.4, 0.5) is 0 Å². The standard InChI is InChI=1S/C50H38N6/c51-30-31-21-22-44(55-43-19-9-6-15-39(43)46-36(16-10-20-45(46)55)35-11-2-1-3-12-35)40(26-31)47-52-48(50-27-32-23-33(28-50)25-34(24-32)29-50)54-49(53-47)56-41-17-7-4-13-37(41)38-14-5-8-18-42(38)56/h1-22,26,32-34H,23-25,27-29H2. The van der Waals surface area contributed by atoms with E-state index in [-0.39, 0.29) is 5.41 Å². The molecule has 3 heterocycles. The molecular formula is C50H38N6. The van der Waals surface area contributed by atoms with Crippen LogP contribution in [0, 0.1) is 29.1 Å². The maximum absolute atomic E-state index is 10.4. The van der Waals surface area contributed by atoms with Crippen molar-refractivity contribution < 1.29 is 0 Å². The number of hydrogen-bond donors (Lipinski definition) is 0. The van der Waals surface area contributed by atoms with Gasteiger partial charge >= 0.3 is 0 Å². The number of benzene rings is 6. The highest BCUT2D eigenvalue weighted by molar-refractivity contribution is 6.16. The first kappa shape index (κ1) is 31.7. The van der Waals surface area contributed by atoms with E-state index in [1.807, 2.05) is 12.1 Å². The van der Waals surface area contributed by atoms with Gasteiger partial charge < -0.3 is 4.57 Å². The Hall–Kier alpha value is -6.58. The summed E-state index contributed by atoms with van der Waals surface area (Å²) in [4.78, 5) is 16.6. The van der Waals surface area contributed by atoms with Crippen LogP contribution in [0.5, 0.6) is 0 Å². The molecule has 0 N–H and O–H groups in total. The van der Waals surface area contributed by atoms with E-state index in [0.717, 1.165) is 76.2 Å². The lowest BCUT2D eigenvalue weighted by molar-refractivity contribution is -0.00944. The van der Waals surface area contributed by atoms with E-state index in [1.165, 1.54) is 51.9 Å². The third-order valence-electron chi connectivity index (χ3n) is 13.3. The zero-order valence-electron chi connectivity index (χ0n) is 30.9. The summed E-state index contributed by atoms with van der Waals surface area (Å²) in [5, 5.41) is 15.1. The number of fused-ring (bicyclic) bond motifs is 6. The highest BCUT2D eigenvalue weighted by atomic mass is 15.2. The molecule has 4 fully saturated rings. The summed E-state index contributed by atoms with van der Waals surface area (Å²) in [7, 11) is 0. The van der Waals surface area contributed by atoms with Crippen LogP contribution in [0.1, 0.15) is 49.9 Å². The molecule has 0 saturated heterocycles. The first-order valence-corrected chi connectivity index (χ1v) is 20.0. The number of rotatable bonds is 5. The molecule has 4 bridgehead atoms. The molecule has 6 heteroatoms. The Labute approximate surface area is 324 Å². The average Bonchev–Trinajstić information content (AvgIpc) is 3.76. The number of aromatic nitrogens is 5. The summed E-state index contributed by atoms with van der Waals surface area (Å²) in [6, 6.07) is 51.4. The van der Waals surface area contributed by atoms with Gasteiger partial charge in [0, 0.05) is 32.5 Å². The molecule has 0 atom stereocenters. The normalized spacial score (nSPS) is 21.4. The zero-order valence-corrected chi connectivity index (χ0v) is 30.9. The molecule has 3 aromatic heterocycles. The molecule has 4 aliphatic carbocycles. The van der Waals surface area contributed by atoms with Gasteiger partial charge in [-0.1, -0.05) is 97.1 Å². The molecule has 56 heavy (non-hydrogen) atoms. The van der Waals surface area contributed by atoms with E-state index < -0.39 is 0 Å². The maximum Gasteiger partial charge on any atom is 0.238 e. The summed E-state index contributed by atoms with van der Waals surface area (Å²) < 4.78 is 4.59. The zero-order chi connectivity index (χ0) is 37.0. The minimum atomic E-state index is -0.0790. The predicted molar refractivity (Wildman–Crippen MR) is 224 cm³/mol. The minimum absolute atomic E-state index is 0.0790. The molecule has 6 nitrogen and oxygen atoms in total. The van der Waals surface area contributed by atoms with Crippen molar-refractivity contribution in [1.82, 2.24) is 24.1 Å². The van der Waals surface area contributed by atoms with Crippen molar-refractivity contribution in [3.05, 3.63) is 151 Å². The molecule has 4 saturated carbocycles. The molecule has 9 aromatic rings. The molecule has 268 valence electrons. The van der Waals surface area contributed by atoms with Crippen molar-refractivity contribution >= 4 is 43.6 Å². The van der Waals surface area contributed by atoms with Crippen LogP contribution >= 0.6 is 0 Å². The maximum atomic E-state index is 10.4. The van der Waals surface area contributed by atoms with E-state index in [2.05, 4.69) is 143 Å². The molecule has 0 spiro atoms. The number of nitrogens with zero attached hydrogens (tertiary/aromatic N) is 6. The van der Waals surface area contributed by atoms with Gasteiger partial charge in [-0.25, -0.2) is 4.98 Å². The first-order valence-electron chi connectivity index (χ1n) is 20.0. The monoisotopic (exact) mass is 722 g/mol. The molecule has 6 aromatic carbocycles. The summed E-state index contributed by atoms with van der Waals surface area (Å²) in [6.07, 6.45) is 7.41. The van der Waals surface area contributed by atoms with Crippen LogP contribution in [-0.4, -0.2) is 24.1 Å². The fourth-order valence-electron chi connectivity index (χ4n) is 11.5. The summed E-state index contributed by atoms with van der Waals surface area (Å²) in [5.74, 6) is 4.35. The Kier molecular flexibility index (Phi) is 6.78. The highest BCUT2D eigenvalue weighted by Gasteiger charge is 2.53. The fourth-order valence-corrected chi connectivity index (χ4v) is 11.5. The Morgan fingerprint density at radius 1 is 0.536 bits per heavy atom. The summed E-state index contributed by atoms with van der Waals surface area (Å²) in [6.45, 7) is 0. The van der Waals surface area contributed by atoms with Crippen LogP contribution in [-0.2, 0) is 5.41 Å². The van der Waals surface area contributed by atoms with Gasteiger partial charge in [0.05, 0.1) is 39.4 Å². The summed E-state index contributed by atoms with van der Waals surface area (Å²) in [5.41, 5.74) is 8.96. The smallest absolute Gasteiger partial charge is 0.238 e. The van der Waals surface area contributed by atoms with Crippen molar-refractivity contribution in [1.29, 1.82) is 5.26 Å². The van der Waals surface area contributed by atoms with E-state index in [0.29, 0.717) is 17.3 Å². The second-order valence-electron chi connectivity index (χ2n) is 16.6. The first-order chi connectivity index (χ1) is 27.6. The third kappa shape index (κ3) is 4.64. The summed E-state index contributed by atoms with van der Waals surface area (Å²) >= 11 is 0. The molecule has 13 rings (SSSR count). The second kappa shape index (κ2) is 12.0. The van der Waals surface area contributed by atoms with Crippen LogP contribution < -0.4 is 0 Å². The topological polar surface area (TPSA) is 72.3 Å². The van der Waals surface area contributed by atoms with Crippen LogP contribution in [0.3, 0.4) is 0 Å². The Morgan fingerprint density at radius 2 is 1.12 bits per heavy atom. The fraction of sp³-hybridized carbons (Fsp3) is 0.200. The van der Waals surface area contributed by atoms with Gasteiger partial charge in [0.25, 0.3) is 0 Å². The van der Waals surface area contributed by atoms with Crippen LogP contribution in [0.15, 0.2) is 140 Å². The van der Waals surface area contributed by atoms with Gasteiger partial charge in [0.1, 0.15) is 5.82 Å². The SMILES string of the molecule is N#Cc1ccc(-n2c3ccccc3c3c(-c4ccccc4)cccc32)c(-c2nc(-n3c4ccccc4c4ccccc43)nc(C34CC5CC(CC(C5)C3)C4)n2)c1. The number of nitriles is 1.